The lowest BCUT2D eigenvalue weighted by atomic mass is 9.86. The summed E-state index contributed by atoms with van der Waals surface area (Å²) in [5.74, 6) is -0.0289. The molecule has 0 unspecified atom stereocenters. The van der Waals surface area contributed by atoms with E-state index in [2.05, 4.69) is 55.3 Å². The molecule has 3 aromatic rings. The van der Waals surface area contributed by atoms with Gasteiger partial charge in [-0.15, -0.1) is 0 Å². The smallest absolute Gasteiger partial charge is 0.253 e. The zero-order valence-corrected chi connectivity index (χ0v) is 14.5. The number of H-pyrrole nitrogens is 1. The van der Waals surface area contributed by atoms with Crippen LogP contribution in [0.15, 0.2) is 54.7 Å². The van der Waals surface area contributed by atoms with E-state index in [-0.39, 0.29) is 11.3 Å². The first kappa shape index (κ1) is 16.3. The highest BCUT2D eigenvalue weighted by Crippen LogP contribution is 2.22. The minimum Gasteiger partial charge on any atom is -0.360 e. The van der Waals surface area contributed by atoms with Crippen LogP contribution in [0.1, 0.15) is 42.3 Å². The number of aromatic amines is 1. The highest BCUT2D eigenvalue weighted by atomic mass is 16.1. The maximum absolute atomic E-state index is 12.4. The Kier molecular flexibility index (Phi) is 4.43. The van der Waals surface area contributed by atoms with Crippen molar-refractivity contribution in [1.82, 2.24) is 10.3 Å². The number of rotatable bonds is 4. The number of para-hydroxylation sites is 1. The number of hydrogen-bond acceptors (Lipinski definition) is 1. The number of amides is 1. The number of aromatic nitrogens is 1. The number of nitrogens with one attached hydrogen (secondary N) is 2. The Labute approximate surface area is 143 Å². The fourth-order valence-corrected chi connectivity index (χ4v) is 2.85. The predicted molar refractivity (Wildman–Crippen MR) is 99.5 cm³/mol. The third kappa shape index (κ3) is 3.51. The van der Waals surface area contributed by atoms with Gasteiger partial charge < -0.3 is 10.3 Å². The number of hydrogen-bond donors (Lipinski definition) is 2. The van der Waals surface area contributed by atoms with Gasteiger partial charge in [-0.25, -0.2) is 0 Å². The largest absolute Gasteiger partial charge is 0.360 e. The number of carbonyl (C=O) groups excluding carboxylic acids is 1. The maximum atomic E-state index is 12.4. The number of carbonyl (C=O) groups is 1. The summed E-state index contributed by atoms with van der Waals surface area (Å²) < 4.78 is 0. The fourth-order valence-electron chi connectivity index (χ4n) is 2.85. The molecule has 24 heavy (non-hydrogen) atoms. The molecule has 124 valence electrons. The van der Waals surface area contributed by atoms with E-state index in [9.17, 15) is 4.79 Å². The minimum atomic E-state index is -0.0289. The molecule has 0 aliphatic rings. The Bertz CT molecular complexity index is 838. The van der Waals surface area contributed by atoms with Crippen LogP contribution < -0.4 is 5.32 Å². The molecule has 0 fully saturated rings. The lowest BCUT2D eigenvalue weighted by molar-refractivity contribution is 0.0956. The van der Waals surface area contributed by atoms with Crippen LogP contribution in [0.4, 0.5) is 0 Å². The summed E-state index contributed by atoms with van der Waals surface area (Å²) >= 11 is 0. The average Bonchev–Trinajstić information content (AvgIpc) is 2.98. The van der Waals surface area contributed by atoms with Crippen molar-refractivity contribution in [2.24, 2.45) is 0 Å². The van der Waals surface area contributed by atoms with Crippen molar-refractivity contribution < 1.29 is 4.79 Å². The first-order chi connectivity index (χ1) is 11.4. The summed E-state index contributed by atoms with van der Waals surface area (Å²) in [7, 11) is 0. The normalized spacial score (nSPS) is 11.6. The van der Waals surface area contributed by atoms with Gasteiger partial charge in [0.05, 0.1) is 5.56 Å². The van der Waals surface area contributed by atoms with E-state index in [0.717, 1.165) is 17.3 Å². The van der Waals surface area contributed by atoms with Gasteiger partial charge in [-0.1, -0.05) is 63.2 Å². The third-order valence-corrected chi connectivity index (χ3v) is 4.35. The van der Waals surface area contributed by atoms with E-state index >= 15 is 0 Å². The molecule has 3 rings (SSSR count). The topological polar surface area (TPSA) is 44.9 Å². The van der Waals surface area contributed by atoms with Crippen molar-refractivity contribution in [1.29, 1.82) is 0 Å². The average molecular weight is 320 g/mol. The molecule has 0 bridgehead atoms. The van der Waals surface area contributed by atoms with Gasteiger partial charge in [-0.3, -0.25) is 4.79 Å². The van der Waals surface area contributed by atoms with Crippen molar-refractivity contribution in [3.63, 3.8) is 0 Å². The molecule has 1 amide bonds. The first-order valence-corrected chi connectivity index (χ1v) is 8.39. The summed E-state index contributed by atoms with van der Waals surface area (Å²) in [6.07, 6.45) is 2.61. The van der Waals surface area contributed by atoms with Crippen LogP contribution in [-0.4, -0.2) is 17.4 Å². The van der Waals surface area contributed by atoms with Crippen LogP contribution in [0.2, 0.25) is 0 Å². The zero-order chi connectivity index (χ0) is 17.2. The lowest BCUT2D eigenvalue weighted by Gasteiger charge is -2.19. The molecule has 1 aromatic heterocycles. The van der Waals surface area contributed by atoms with Crippen molar-refractivity contribution in [3.05, 3.63) is 71.4 Å². The summed E-state index contributed by atoms with van der Waals surface area (Å²) in [6.45, 7) is 7.27. The van der Waals surface area contributed by atoms with Crippen molar-refractivity contribution >= 4 is 16.8 Å². The molecule has 2 N–H and O–H groups in total. The molecular weight excluding hydrogens is 296 g/mol. The summed E-state index contributed by atoms with van der Waals surface area (Å²) in [4.78, 5) is 15.5. The summed E-state index contributed by atoms with van der Waals surface area (Å²) in [5.41, 5.74) is 4.42. The zero-order valence-electron chi connectivity index (χ0n) is 14.5. The van der Waals surface area contributed by atoms with Crippen molar-refractivity contribution in [3.8, 4) is 0 Å². The van der Waals surface area contributed by atoms with Crippen LogP contribution in [0.5, 0.6) is 0 Å². The van der Waals surface area contributed by atoms with Gasteiger partial charge in [0.2, 0.25) is 0 Å². The molecule has 1 heterocycles. The van der Waals surface area contributed by atoms with E-state index in [0.29, 0.717) is 12.1 Å². The van der Waals surface area contributed by atoms with Gasteiger partial charge in [0, 0.05) is 23.6 Å². The molecule has 0 spiro atoms. The van der Waals surface area contributed by atoms with Gasteiger partial charge >= 0.3 is 0 Å². The number of benzene rings is 2. The third-order valence-electron chi connectivity index (χ3n) is 4.35. The Hall–Kier alpha value is -2.55. The van der Waals surface area contributed by atoms with Crippen LogP contribution >= 0.6 is 0 Å². The molecule has 0 atom stereocenters. The van der Waals surface area contributed by atoms with Crippen LogP contribution in [0.25, 0.3) is 10.9 Å². The Balaban J connectivity index is 1.59. The second kappa shape index (κ2) is 6.52. The molecule has 0 saturated heterocycles. The second-order valence-corrected chi connectivity index (χ2v) is 7.20. The van der Waals surface area contributed by atoms with E-state index in [4.69, 9.17) is 0 Å². The molecule has 3 nitrogen and oxygen atoms in total. The van der Waals surface area contributed by atoms with E-state index in [1.807, 2.05) is 24.3 Å². The van der Waals surface area contributed by atoms with Gasteiger partial charge in [0.15, 0.2) is 0 Å². The van der Waals surface area contributed by atoms with E-state index in [1.165, 1.54) is 11.1 Å². The molecule has 0 saturated carbocycles. The second-order valence-electron chi connectivity index (χ2n) is 7.20. The molecule has 0 aliphatic carbocycles. The molecule has 3 heteroatoms. The summed E-state index contributed by atoms with van der Waals surface area (Å²) in [6, 6.07) is 16.5. The van der Waals surface area contributed by atoms with Gasteiger partial charge in [-0.05, 0) is 29.0 Å². The van der Waals surface area contributed by atoms with E-state index < -0.39 is 0 Å². The van der Waals surface area contributed by atoms with Gasteiger partial charge in [0.25, 0.3) is 5.91 Å². The molecular formula is C21H24N2O. The van der Waals surface area contributed by atoms with Crippen LogP contribution in [0.3, 0.4) is 0 Å². The van der Waals surface area contributed by atoms with Gasteiger partial charge in [0.1, 0.15) is 0 Å². The fraction of sp³-hybridized carbons (Fsp3) is 0.286. The predicted octanol–water partition coefficient (Wildman–Crippen LogP) is 4.44. The van der Waals surface area contributed by atoms with Crippen molar-refractivity contribution in [2.45, 2.75) is 32.6 Å². The van der Waals surface area contributed by atoms with E-state index in [1.54, 1.807) is 6.20 Å². The highest BCUT2D eigenvalue weighted by molar-refractivity contribution is 6.06. The van der Waals surface area contributed by atoms with Gasteiger partial charge in [-0.2, -0.15) is 0 Å². The highest BCUT2D eigenvalue weighted by Gasteiger charge is 2.13. The maximum Gasteiger partial charge on any atom is 0.253 e. The summed E-state index contributed by atoms with van der Waals surface area (Å²) in [5, 5.41) is 3.97. The Morgan fingerprint density at radius 2 is 1.75 bits per heavy atom. The van der Waals surface area contributed by atoms with Crippen molar-refractivity contribution in [2.75, 3.05) is 6.54 Å². The SMILES string of the molecule is CC(C)(C)c1ccc(CCNC(=O)c2c[nH]c3ccccc23)cc1. The Morgan fingerprint density at radius 3 is 2.46 bits per heavy atom. The lowest BCUT2D eigenvalue weighted by Crippen LogP contribution is -2.25. The number of fused-ring (bicyclic) bond motifs is 1. The van der Waals surface area contributed by atoms with Crippen LogP contribution in [-0.2, 0) is 11.8 Å². The standard InChI is InChI=1S/C21H24N2O/c1-21(2,3)16-10-8-15(9-11-16)12-13-22-20(24)18-14-23-19-7-5-4-6-17(18)19/h4-11,14,23H,12-13H2,1-3H3,(H,22,24). The molecule has 0 radical (unpaired) electrons. The molecule has 2 aromatic carbocycles. The quantitative estimate of drug-likeness (QED) is 0.733. The van der Waals surface area contributed by atoms with Crippen LogP contribution in [0, 0.1) is 0 Å². The minimum absolute atomic E-state index is 0.0289. The first-order valence-electron chi connectivity index (χ1n) is 8.39. The monoisotopic (exact) mass is 320 g/mol. The molecule has 0 aliphatic heterocycles. The Morgan fingerprint density at radius 1 is 1.04 bits per heavy atom.